The molecule has 0 aliphatic heterocycles. The number of carbonyl (C=O) groups excluding carboxylic acids is 1. The normalized spacial score (nSPS) is 12.6. The number of ether oxygens (including phenoxy) is 1. The van der Waals surface area contributed by atoms with Crippen molar-refractivity contribution in [3.63, 3.8) is 0 Å². The largest absolute Gasteiger partial charge is 0.465 e. The van der Waals surface area contributed by atoms with Crippen LogP contribution in [0, 0.1) is 6.92 Å². The molecule has 1 N–H and O–H groups in total. The highest BCUT2D eigenvalue weighted by Crippen LogP contribution is 2.32. The number of para-hydroxylation sites is 1. The zero-order chi connectivity index (χ0) is 12.4. The predicted molar refractivity (Wildman–Crippen MR) is 68.3 cm³/mol. The minimum Gasteiger partial charge on any atom is -0.465 e. The van der Waals surface area contributed by atoms with E-state index in [-0.39, 0.29) is 0 Å². The molecule has 0 spiro atoms. The SMILES string of the molecule is CCOC(=O)C(Cl)c1c(C)[nH]c2ccccc12. The number of fused-ring (bicyclic) bond motifs is 1. The van der Waals surface area contributed by atoms with Gasteiger partial charge in [0.2, 0.25) is 0 Å². The first-order chi connectivity index (χ1) is 8.15. The van der Waals surface area contributed by atoms with Gasteiger partial charge in [-0.05, 0) is 19.9 Å². The fraction of sp³-hybridized carbons (Fsp3) is 0.308. The van der Waals surface area contributed by atoms with Crippen LogP contribution in [0.5, 0.6) is 0 Å². The summed E-state index contributed by atoms with van der Waals surface area (Å²) in [6, 6.07) is 7.77. The third-order valence-electron chi connectivity index (χ3n) is 2.69. The first-order valence-corrected chi connectivity index (χ1v) is 5.96. The number of benzene rings is 1. The summed E-state index contributed by atoms with van der Waals surface area (Å²) in [5.74, 6) is -0.401. The highest BCUT2D eigenvalue weighted by Gasteiger charge is 2.24. The Bertz CT molecular complexity index is 547. The maximum atomic E-state index is 11.7. The van der Waals surface area contributed by atoms with E-state index >= 15 is 0 Å². The maximum Gasteiger partial charge on any atom is 0.328 e. The molecule has 1 aromatic heterocycles. The van der Waals surface area contributed by atoms with E-state index in [9.17, 15) is 4.79 Å². The topological polar surface area (TPSA) is 42.1 Å². The molecule has 0 bridgehead atoms. The molecule has 3 nitrogen and oxygen atoms in total. The van der Waals surface area contributed by atoms with Gasteiger partial charge in [0.15, 0.2) is 5.38 Å². The average molecular weight is 252 g/mol. The van der Waals surface area contributed by atoms with Gasteiger partial charge in [-0.25, -0.2) is 0 Å². The van der Waals surface area contributed by atoms with Crippen molar-refractivity contribution in [3.05, 3.63) is 35.5 Å². The van der Waals surface area contributed by atoms with E-state index < -0.39 is 11.3 Å². The fourth-order valence-corrected chi connectivity index (χ4v) is 2.30. The molecule has 1 atom stereocenters. The minimum absolute atomic E-state index is 0.337. The summed E-state index contributed by atoms with van der Waals surface area (Å²) in [6.45, 7) is 4.01. The first kappa shape index (κ1) is 12.0. The fourth-order valence-electron chi connectivity index (χ4n) is 1.96. The number of hydrogen-bond acceptors (Lipinski definition) is 2. The molecule has 0 radical (unpaired) electrons. The average Bonchev–Trinajstić information content (AvgIpc) is 2.64. The molecule has 0 saturated heterocycles. The smallest absolute Gasteiger partial charge is 0.328 e. The molecule has 1 aromatic carbocycles. The van der Waals surface area contributed by atoms with E-state index in [1.807, 2.05) is 31.2 Å². The number of nitrogens with one attached hydrogen (secondary N) is 1. The van der Waals surface area contributed by atoms with Gasteiger partial charge in [0.1, 0.15) is 0 Å². The van der Waals surface area contributed by atoms with Crippen molar-refractivity contribution < 1.29 is 9.53 Å². The number of alkyl halides is 1. The summed E-state index contributed by atoms with van der Waals surface area (Å²) in [5, 5.41) is 0.212. The van der Waals surface area contributed by atoms with Crippen molar-refractivity contribution >= 4 is 28.5 Å². The van der Waals surface area contributed by atoms with Crippen LogP contribution < -0.4 is 0 Å². The lowest BCUT2D eigenvalue weighted by Gasteiger charge is -2.09. The van der Waals surface area contributed by atoms with Crippen molar-refractivity contribution in [3.8, 4) is 0 Å². The first-order valence-electron chi connectivity index (χ1n) is 5.53. The molecule has 0 saturated carbocycles. The number of carbonyl (C=O) groups is 1. The number of esters is 1. The van der Waals surface area contributed by atoms with Crippen LogP contribution in [0.15, 0.2) is 24.3 Å². The lowest BCUT2D eigenvalue weighted by molar-refractivity contribution is -0.142. The Labute approximate surface area is 105 Å². The number of aromatic amines is 1. The van der Waals surface area contributed by atoms with Crippen molar-refractivity contribution in [1.29, 1.82) is 0 Å². The molecule has 0 aliphatic rings. The van der Waals surface area contributed by atoms with Gasteiger partial charge in [-0.2, -0.15) is 0 Å². The van der Waals surface area contributed by atoms with Crippen LogP contribution in [0.1, 0.15) is 23.6 Å². The van der Waals surface area contributed by atoms with E-state index in [4.69, 9.17) is 16.3 Å². The van der Waals surface area contributed by atoms with Crippen LogP contribution in [-0.2, 0) is 9.53 Å². The Kier molecular flexibility index (Phi) is 3.38. The highest BCUT2D eigenvalue weighted by atomic mass is 35.5. The summed E-state index contributed by atoms with van der Waals surface area (Å²) >= 11 is 6.17. The van der Waals surface area contributed by atoms with E-state index in [2.05, 4.69) is 4.98 Å². The van der Waals surface area contributed by atoms with E-state index in [1.54, 1.807) is 6.92 Å². The van der Waals surface area contributed by atoms with E-state index in [0.29, 0.717) is 6.61 Å². The Morgan fingerprint density at radius 2 is 2.18 bits per heavy atom. The molecular formula is C13H14ClNO2. The number of rotatable bonds is 3. The minimum atomic E-state index is -0.758. The number of halogens is 1. The Morgan fingerprint density at radius 3 is 2.88 bits per heavy atom. The second-order valence-corrected chi connectivity index (χ2v) is 4.26. The van der Waals surface area contributed by atoms with Gasteiger partial charge in [0.25, 0.3) is 0 Å². The Hall–Kier alpha value is -1.48. The van der Waals surface area contributed by atoms with Crippen LogP contribution in [0.2, 0.25) is 0 Å². The second-order valence-electron chi connectivity index (χ2n) is 3.82. The number of aryl methyl sites for hydroxylation is 1. The van der Waals surface area contributed by atoms with Crippen LogP contribution >= 0.6 is 11.6 Å². The van der Waals surface area contributed by atoms with Crippen molar-refractivity contribution in [2.24, 2.45) is 0 Å². The molecule has 0 amide bonds. The van der Waals surface area contributed by atoms with Crippen LogP contribution in [0.25, 0.3) is 10.9 Å². The van der Waals surface area contributed by atoms with Crippen LogP contribution in [0.3, 0.4) is 0 Å². The lowest BCUT2D eigenvalue weighted by atomic mass is 10.1. The molecule has 2 aromatic rings. The number of hydrogen-bond donors (Lipinski definition) is 1. The van der Waals surface area contributed by atoms with Gasteiger partial charge in [-0.3, -0.25) is 4.79 Å². The lowest BCUT2D eigenvalue weighted by Crippen LogP contribution is -2.11. The van der Waals surface area contributed by atoms with Gasteiger partial charge < -0.3 is 9.72 Å². The molecule has 17 heavy (non-hydrogen) atoms. The van der Waals surface area contributed by atoms with Crippen LogP contribution in [0.4, 0.5) is 0 Å². The summed E-state index contributed by atoms with van der Waals surface area (Å²) in [7, 11) is 0. The summed E-state index contributed by atoms with van der Waals surface area (Å²) in [5.41, 5.74) is 2.69. The van der Waals surface area contributed by atoms with E-state index in [0.717, 1.165) is 22.2 Å². The summed E-state index contributed by atoms with van der Waals surface area (Å²) in [4.78, 5) is 14.9. The monoisotopic (exact) mass is 251 g/mol. The quantitative estimate of drug-likeness (QED) is 0.672. The third-order valence-corrected chi connectivity index (χ3v) is 3.09. The second kappa shape index (κ2) is 4.80. The number of H-pyrrole nitrogens is 1. The molecule has 1 unspecified atom stereocenters. The Morgan fingerprint density at radius 1 is 1.47 bits per heavy atom. The van der Waals surface area contributed by atoms with Crippen molar-refractivity contribution in [2.45, 2.75) is 19.2 Å². The van der Waals surface area contributed by atoms with E-state index in [1.165, 1.54) is 0 Å². The van der Waals surface area contributed by atoms with Gasteiger partial charge >= 0.3 is 5.97 Å². The predicted octanol–water partition coefficient (Wildman–Crippen LogP) is 3.32. The van der Waals surface area contributed by atoms with Gasteiger partial charge in [-0.1, -0.05) is 18.2 Å². The molecule has 1 heterocycles. The van der Waals surface area contributed by atoms with Crippen LogP contribution in [-0.4, -0.2) is 17.6 Å². The maximum absolute atomic E-state index is 11.7. The summed E-state index contributed by atoms with van der Waals surface area (Å²) in [6.07, 6.45) is 0. The molecule has 0 aliphatic carbocycles. The Balaban J connectivity index is 2.47. The van der Waals surface area contributed by atoms with Gasteiger partial charge in [0.05, 0.1) is 6.61 Å². The van der Waals surface area contributed by atoms with Crippen molar-refractivity contribution in [1.82, 2.24) is 4.98 Å². The zero-order valence-corrected chi connectivity index (χ0v) is 10.5. The third kappa shape index (κ3) is 2.15. The molecule has 90 valence electrons. The zero-order valence-electron chi connectivity index (χ0n) is 9.79. The summed E-state index contributed by atoms with van der Waals surface area (Å²) < 4.78 is 4.95. The molecule has 0 fully saturated rings. The number of aromatic nitrogens is 1. The highest BCUT2D eigenvalue weighted by molar-refractivity contribution is 6.31. The standard InChI is InChI=1S/C13H14ClNO2/c1-3-17-13(16)12(14)11-8(2)15-10-7-5-4-6-9(10)11/h4-7,12,15H,3H2,1-2H3. The molecular weight excluding hydrogens is 238 g/mol. The molecule has 2 rings (SSSR count). The molecule has 4 heteroatoms. The van der Waals surface area contributed by atoms with Crippen molar-refractivity contribution in [2.75, 3.05) is 6.61 Å². The van der Waals surface area contributed by atoms with Gasteiger partial charge in [0, 0.05) is 22.2 Å². The van der Waals surface area contributed by atoms with Gasteiger partial charge in [-0.15, -0.1) is 11.6 Å².